The summed E-state index contributed by atoms with van der Waals surface area (Å²) in [6.45, 7) is 5.73. The van der Waals surface area contributed by atoms with E-state index in [0.29, 0.717) is 19.2 Å². The predicted octanol–water partition coefficient (Wildman–Crippen LogP) is -0.323. The lowest BCUT2D eigenvalue weighted by Crippen LogP contribution is -2.43. The van der Waals surface area contributed by atoms with E-state index in [1.807, 2.05) is 21.0 Å². The summed E-state index contributed by atoms with van der Waals surface area (Å²) in [5.41, 5.74) is 0. The molecule has 2 N–H and O–H groups in total. The van der Waals surface area contributed by atoms with Crippen LogP contribution in [0.2, 0.25) is 0 Å². The highest BCUT2D eigenvalue weighted by molar-refractivity contribution is 5.78. The first-order valence-corrected chi connectivity index (χ1v) is 5.62. The van der Waals surface area contributed by atoms with Crippen LogP contribution in [-0.2, 0) is 9.53 Å². The van der Waals surface area contributed by atoms with Gasteiger partial charge in [0.05, 0.1) is 13.2 Å². The van der Waals surface area contributed by atoms with Gasteiger partial charge in [-0.2, -0.15) is 0 Å². The van der Waals surface area contributed by atoms with Crippen LogP contribution in [-0.4, -0.2) is 63.8 Å². The van der Waals surface area contributed by atoms with Crippen molar-refractivity contribution < 1.29 is 9.53 Å². The summed E-state index contributed by atoms with van der Waals surface area (Å²) in [6.07, 6.45) is 0. The van der Waals surface area contributed by atoms with Gasteiger partial charge in [0.15, 0.2) is 0 Å². The Balaban J connectivity index is 3.58. The van der Waals surface area contributed by atoms with E-state index in [9.17, 15) is 4.79 Å². The van der Waals surface area contributed by atoms with Crippen molar-refractivity contribution in [3.05, 3.63) is 0 Å². The van der Waals surface area contributed by atoms with Gasteiger partial charge in [-0.15, -0.1) is 0 Å². The summed E-state index contributed by atoms with van der Waals surface area (Å²) in [5, 5.41) is 5.96. The van der Waals surface area contributed by atoms with Gasteiger partial charge in [0.1, 0.15) is 0 Å². The Hall–Kier alpha value is -0.650. The quantitative estimate of drug-likeness (QED) is 0.601. The number of rotatable bonds is 8. The monoisotopic (exact) mass is 231 g/mol. The average molecular weight is 231 g/mol. The van der Waals surface area contributed by atoms with Gasteiger partial charge in [0.2, 0.25) is 5.91 Å². The lowest BCUT2D eigenvalue weighted by atomic mass is 10.3. The first-order valence-electron chi connectivity index (χ1n) is 5.62. The van der Waals surface area contributed by atoms with E-state index in [2.05, 4.69) is 22.5 Å². The summed E-state index contributed by atoms with van der Waals surface area (Å²) >= 11 is 0. The van der Waals surface area contributed by atoms with Crippen LogP contribution in [0.25, 0.3) is 0 Å². The number of nitrogens with zero attached hydrogens (tertiary/aromatic N) is 1. The number of hydrogen-bond acceptors (Lipinski definition) is 4. The molecule has 0 aliphatic rings. The van der Waals surface area contributed by atoms with Gasteiger partial charge in [-0.1, -0.05) is 0 Å². The maximum absolute atomic E-state index is 11.4. The normalized spacial score (nSPS) is 14.9. The molecule has 96 valence electrons. The molecule has 5 nitrogen and oxygen atoms in total. The van der Waals surface area contributed by atoms with Crippen molar-refractivity contribution in [2.75, 3.05) is 40.9 Å². The second-order valence-electron chi connectivity index (χ2n) is 4.37. The number of nitrogens with one attached hydrogen (secondary N) is 2. The fraction of sp³-hybridized carbons (Fsp3) is 0.909. The Labute approximate surface area is 98.5 Å². The van der Waals surface area contributed by atoms with Crippen molar-refractivity contribution in [3.8, 4) is 0 Å². The molecule has 2 unspecified atom stereocenters. The maximum atomic E-state index is 11.4. The number of ether oxygens (including phenoxy) is 1. The minimum absolute atomic E-state index is 0.00973. The molecule has 0 radical (unpaired) electrons. The van der Waals surface area contributed by atoms with E-state index >= 15 is 0 Å². The zero-order valence-electron chi connectivity index (χ0n) is 11.0. The molecule has 0 fully saturated rings. The number of amides is 1. The van der Waals surface area contributed by atoms with Crippen LogP contribution in [0, 0.1) is 0 Å². The summed E-state index contributed by atoms with van der Waals surface area (Å²) < 4.78 is 4.94. The third-order valence-corrected chi connectivity index (χ3v) is 2.43. The predicted molar refractivity (Wildman–Crippen MR) is 65.5 cm³/mol. The van der Waals surface area contributed by atoms with Gasteiger partial charge in [0.25, 0.3) is 0 Å². The van der Waals surface area contributed by atoms with Gasteiger partial charge in [-0.3, -0.25) is 4.79 Å². The number of methoxy groups -OCH3 is 1. The van der Waals surface area contributed by atoms with E-state index in [-0.39, 0.29) is 11.9 Å². The van der Waals surface area contributed by atoms with Gasteiger partial charge in [-0.05, 0) is 27.9 Å². The third kappa shape index (κ3) is 7.62. The smallest absolute Gasteiger partial charge is 0.234 e. The molecule has 0 aromatic heterocycles. The zero-order chi connectivity index (χ0) is 12.6. The molecule has 0 saturated carbocycles. The highest BCUT2D eigenvalue weighted by Crippen LogP contribution is 1.88. The van der Waals surface area contributed by atoms with Crippen LogP contribution < -0.4 is 10.6 Å². The Bertz CT molecular complexity index is 198. The molecule has 0 aliphatic heterocycles. The molecule has 0 aliphatic carbocycles. The fourth-order valence-corrected chi connectivity index (χ4v) is 1.19. The minimum atomic E-state index is 0.00973. The maximum Gasteiger partial charge on any atom is 0.234 e. The molecule has 0 saturated heterocycles. The number of likely N-dealkylation sites (N-methyl/N-ethyl adjacent to an activating group) is 1. The number of carbonyl (C=O) groups excluding carboxylic acids is 1. The lowest BCUT2D eigenvalue weighted by molar-refractivity contribution is -0.121. The van der Waals surface area contributed by atoms with Crippen LogP contribution in [0.3, 0.4) is 0 Å². The van der Waals surface area contributed by atoms with E-state index in [1.165, 1.54) is 0 Å². The van der Waals surface area contributed by atoms with Gasteiger partial charge in [-0.25, -0.2) is 0 Å². The topological polar surface area (TPSA) is 53.6 Å². The third-order valence-electron chi connectivity index (χ3n) is 2.43. The molecule has 0 aromatic rings. The van der Waals surface area contributed by atoms with E-state index in [1.54, 1.807) is 7.11 Å². The van der Waals surface area contributed by atoms with Crippen molar-refractivity contribution in [3.63, 3.8) is 0 Å². The number of hydrogen-bond donors (Lipinski definition) is 2. The molecule has 0 aromatic carbocycles. The van der Waals surface area contributed by atoms with Gasteiger partial charge in [0, 0.05) is 25.7 Å². The van der Waals surface area contributed by atoms with Crippen LogP contribution in [0.5, 0.6) is 0 Å². The Morgan fingerprint density at radius 1 is 1.38 bits per heavy atom. The first kappa shape index (κ1) is 15.3. The molecule has 0 spiro atoms. The zero-order valence-corrected chi connectivity index (χ0v) is 11.0. The molecule has 1 amide bonds. The fourth-order valence-electron chi connectivity index (χ4n) is 1.19. The first-order chi connectivity index (χ1) is 7.47. The van der Waals surface area contributed by atoms with Crippen molar-refractivity contribution in [2.24, 2.45) is 0 Å². The highest BCUT2D eigenvalue weighted by atomic mass is 16.5. The molecule has 16 heavy (non-hydrogen) atoms. The van der Waals surface area contributed by atoms with Crippen molar-refractivity contribution in [1.29, 1.82) is 0 Å². The molecule has 2 atom stereocenters. The second-order valence-corrected chi connectivity index (χ2v) is 4.37. The van der Waals surface area contributed by atoms with Crippen molar-refractivity contribution >= 4 is 5.91 Å². The Morgan fingerprint density at radius 2 is 2.00 bits per heavy atom. The molecule has 0 rings (SSSR count). The number of carbonyl (C=O) groups is 1. The van der Waals surface area contributed by atoms with Crippen molar-refractivity contribution in [1.82, 2.24) is 15.5 Å². The molecule has 5 heteroatoms. The molecular weight excluding hydrogens is 206 g/mol. The lowest BCUT2D eigenvalue weighted by Gasteiger charge is -2.20. The molecule has 0 bridgehead atoms. The van der Waals surface area contributed by atoms with E-state index in [0.717, 1.165) is 6.54 Å². The van der Waals surface area contributed by atoms with Crippen LogP contribution in [0.4, 0.5) is 0 Å². The summed E-state index contributed by atoms with van der Waals surface area (Å²) in [5.74, 6) is 0.00973. The van der Waals surface area contributed by atoms with Gasteiger partial charge >= 0.3 is 0 Å². The van der Waals surface area contributed by atoms with Gasteiger partial charge < -0.3 is 20.3 Å². The molecular formula is C11H25N3O2. The standard InChI is InChI=1S/C11H25N3O2/c1-9(8-16-5)13-11(15)7-12-6-10(2)14(3)4/h9-10,12H,6-8H2,1-5H3,(H,13,15). The van der Waals surface area contributed by atoms with Crippen LogP contribution >= 0.6 is 0 Å². The van der Waals surface area contributed by atoms with E-state index < -0.39 is 0 Å². The average Bonchev–Trinajstić information content (AvgIpc) is 2.17. The summed E-state index contributed by atoms with van der Waals surface area (Å²) in [7, 11) is 5.67. The summed E-state index contributed by atoms with van der Waals surface area (Å²) in [4.78, 5) is 13.5. The van der Waals surface area contributed by atoms with E-state index in [4.69, 9.17) is 4.74 Å². The Morgan fingerprint density at radius 3 is 2.50 bits per heavy atom. The SMILES string of the molecule is COCC(C)NC(=O)CNCC(C)N(C)C. The second kappa shape index (κ2) is 8.50. The largest absolute Gasteiger partial charge is 0.383 e. The minimum Gasteiger partial charge on any atom is -0.383 e. The highest BCUT2D eigenvalue weighted by Gasteiger charge is 2.08. The van der Waals surface area contributed by atoms with Crippen LogP contribution in [0.1, 0.15) is 13.8 Å². The van der Waals surface area contributed by atoms with Crippen molar-refractivity contribution in [2.45, 2.75) is 25.9 Å². The summed E-state index contributed by atoms with van der Waals surface area (Å²) in [6, 6.07) is 0.481. The molecule has 0 heterocycles. The Kier molecular flexibility index (Phi) is 8.15. The van der Waals surface area contributed by atoms with Crippen LogP contribution in [0.15, 0.2) is 0 Å².